The molecule has 2 aromatic heterocycles. The Morgan fingerprint density at radius 2 is 2.06 bits per heavy atom. The average molecular weight is 439 g/mol. The summed E-state index contributed by atoms with van der Waals surface area (Å²) >= 11 is 1.18. The van der Waals surface area contributed by atoms with E-state index in [1.165, 1.54) is 11.3 Å². The number of ether oxygens (including phenoxy) is 1. The molecule has 162 valence electrons. The van der Waals surface area contributed by atoms with Crippen molar-refractivity contribution in [1.29, 1.82) is 5.26 Å². The van der Waals surface area contributed by atoms with Crippen LogP contribution < -0.4 is 20.8 Å². The van der Waals surface area contributed by atoms with Crippen LogP contribution in [0.1, 0.15) is 44.0 Å². The number of thiophene rings is 1. The highest BCUT2D eigenvalue weighted by molar-refractivity contribution is 7.19. The van der Waals surface area contributed by atoms with Crippen LogP contribution in [0.3, 0.4) is 0 Å². The summed E-state index contributed by atoms with van der Waals surface area (Å²) in [6, 6.07) is 6.02. The zero-order valence-corrected chi connectivity index (χ0v) is 18.8. The van der Waals surface area contributed by atoms with Crippen LogP contribution in [0, 0.1) is 17.2 Å². The third-order valence-corrected chi connectivity index (χ3v) is 7.79. The van der Waals surface area contributed by atoms with Crippen LogP contribution in [-0.4, -0.2) is 35.4 Å². The molecule has 1 aliphatic heterocycles. The number of nitrogens with two attached hydrogens (primary N) is 1. The first-order valence-corrected chi connectivity index (χ1v) is 11.4. The maximum atomic E-state index is 13.4. The van der Waals surface area contributed by atoms with Gasteiger partial charge in [0.2, 0.25) is 5.43 Å². The first-order valence-electron chi connectivity index (χ1n) is 10.6. The Balaban J connectivity index is 1.79. The molecular formula is C23H26N4O3S. The number of pyridine rings is 1. The molecular weight excluding hydrogens is 412 g/mol. The molecule has 2 aliphatic rings. The summed E-state index contributed by atoms with van der Waals surface area (Å²) in [4.78, 5) is 16.5. The number of aromatic hydroxyl groups is 1. The zero-order chi connectivity index (χ0) is 22.1. The van der Waals surface area contributed by atoms with Gasteiger partial charge in [0, 0.05) is 24.7 Å². The number of hydrogen-bond acceptors (Lipinski definition) is 7. The molecule has 1 aromatic carbocycles. The fraction of sp³-hybridized carbons (Fsp3) is 0.478. The predicted molar refractivity (Wildman–Crippen MR) is 123 cm³/mol. The SMILES string of the molecule is COc1c(N2CCC(C(C)(C)N)C2)ccc2c(=O)c3c(O)c(C#N)sc3n(C3CC3)c12. The summed E-state index contributed by atoms with van der Waals surface area (Å²) < 4.78 is 8.03. The van der Waals surface area contributed by atoms with Gasteiger partial charge in [-0.05, 0) is 51.2 Å². The topological polar surface area (TPSA) is 105 Å². The standard InChI is InChI=1S/C23H26N4O3S/c1-23(2,25)12-8-9-26(11-12)15-7-6-14-18(21(15)30-3)27(13-4-5-13)22-17(19(14)28)20(29)16(10-24)31-22/h6-7,12-13,29H,4-5,8-9,11,25H2,1-3H3. The molecule has 1 atom stereocenters. The molecule has 1 saturated heterocycles. The number of fused-ring (bicyclic) bond motifs is 2. The minimum Gasteiger partial charge on any atom is -0.505 e. The molecule has 1 aliphatic carbocycles. The van der Waals surface area contributed by atoms with Gasteiger partial charge in [0.25, 0.3) is 0 Å². The van der Waals surface area contributed by atoms with Gasteiger partial charge in [0.1, 0.15) is 21.2 Å². The van der Waals surface area contributed by atoms with E-state index in [0.29, 0.717) is 21.9 Å². The third kappa shape index (κ3) is 2.99. The maximum Gasteiger partial charge on any atom is 0.202 e. The number of rotatable bonds is 4. The number of nitrogens with zero attached hydrogens (tertiary/aromatic N) is 3. The van der Waals surface area contributed by atoms with E-state index >= 15 is 0 Å². The number of anilines is 1. The van der Waals surface area contributed by atoms with Crippen molar-refractivity contribution >= 4 is 38.1 Å². The van der Waals surface area contributed by atoms with Gasteiger partial charge in [-0.3, -0.25) is 4.79 Å². The zero-order valence-electron chi connectivity index (χ0n) is 17.9. The first kappa shape index (κ1) is 20.2. The Hall–Kier alpha value is -2.76. The number of aromatic nitrogens is 1. The number of nitriles is 1. The van der Waals surface area contributed by atoms with Gasteiger partial charge in [-0.25, -0.2) is 0 Å². The van der Waals surface area contributed by atoms with E-state index in [2.05, 4.69) is 23.3 Å². The molecule has 0 spiro atoms. The maximum absolute atomic E-state index is 13.4. The van der Waals surface area contributed by atoms with Gasteiger partial charge in [0.05, 0.1) is 23.7 Å². The molecule has 1 unspecified atom stereocenters. The molecule has 8 heteroatoms. The van der Waals surface area contributed by atoms with Gasteiger partial charge in [0.15, 0.2) is 11.5 Å². The van der Waals surface area contributed by atoms with E-state index in [9.17, 15) is 15.2 Å². The Morgan fingerprint density at radius 1 is 1.32 bits per heavy atom. The van der Waals surface area contributed by atoms with Crippen LogP contribution in [0.4, 0.5) is 5.69 Å². The summed E-state index contributed by atoms with van der Waals surface area (Å²) in [5.74, 6) is 0.832. The second kappa shape index (κ2) is 6.87. The van der Waals surface area contributed by atoms with E-state index in [-0.39, 0.29) is 33.0 Å². The molecule has 3 N–H and O–H groups in total. The third-order valence-electron chi connectivity index (χ3n) is 6.71. The molecule has 31 heavy (non-hydrogen) atoms. The van der Waals surface area contributed by atoms with Crippen molar-refractivity contribution in [2.24, 2.45) is 11.7 Å². The van der Waals surface area contributed by atoms with Gasteiger partial charge in [-0.2, -0.15) is 5.26 Å². The molecule has 2 fully saturated rings. The van der Waals surface area contributed by atoms with Crippen LogP contribution in [0.25, 0.3) is 21.1 Å². The summed E-state index contributed by atoms with van der Waals surface area (Å²) in [6.07, 6.45) is 2.99. The van der Waals surface area contributed by atoms with Crippen molar-refractivity contribution in [2.45, 2.75) is 44.7 Å². The van der Waals surface area contributed by atoms with Crippen molar-refractivity contribution in [3.05, 3.63) is 27.2 Å². The highest BCUT2D eigenvalue weighted by Crippen LogP contribution is 2.48. The van der Waals surface area contributed by atoms with Gasteiger partial charge < -0.3 is 25.0 Å². The van der Waals surface area contributed by atoms with Crippen LogP contribution in [0.5, 0.6) is 11.5 Å². The fourth-order valence-corrected chi connectivity index (χ4v) is 5.87. The number of benzene rings is 1. The van der Waals surface area contributed by atoms with E-state index in [4.69, 9.17) is 10.5 Å². The largest absolute Gasteiger partial charge is 0.505 e. The minimum absolute atomic E-state index is 0.170. The quantitative estimate of drug-likeness (QED) is 0.644. The van der Waals surface area contributed by atoms with Gasteiger partial charge in [-0.1, -0.05) is 0 Å². The number of methoxy groups -OCH3 is 1. The fourth-order valence-electron chi connectivity index (χ4n) is 4.80. The van der Waals surface area contributed by atoms with Crippen molar-refractivity contribution in [3.63, 3.8) is 0 Å². The van der Waals surface area contributed by atoms with E-state index < -0.39 is 0 Å². The summed E-state index contributed by atoms with van der Waals surface area (Å²) in [5, 5.41) is 20.7. The normalized spacial score (nSPS) is 19.3. The highest BCUT2D eigenvalue weighted by Gasteiger charge is 2.35. The van der Waals surface area contributed by atoms with Crippen molar-refractivity contribution in [2.75, 3.05) is 25.1 Å². The van der Waals surface area contributed by atoms with E-state index in [1.807, 2.05) is 18.2 Å². The predicted octanol–water partition coefficient (Wildman–Crippen LogP) is 3.70. The van der Waals surface area contributed by atoms with Crippen LogP contribution in [-0.2, 0) is 0 Å². The van der Waals surface area contributed by atoms with Crippen molar-refractivity contribution in [3.8, 4) is 17.6 Å². The molecule has 0 amide bonds. The lowest BCUT2D eigenvalue weighted by molar-refractivity contribution is 0.348. The van der Waals surface area contributed by atoms with Gasteiger partial charge in [-0.15, -0.1) is 11.3 Å². The second-order valence-electron chi connectivity index (χ2n) is 9.27. The molecule has 7 nitrogen and oxygen atoms in total. The molecule has 0 radical (unpaired) electrons. The molecule has 3 heterocycles. The van der Waals surface area contributed by atoms with Gasteiger partial charge >= 0.3 is 0 Å². The Kier molecular flexibility index (Phi) is 4.47. The Morgan fingerprint density at radius 3 is 2.65 bits per heavy atom. The molecule has 5 rings (SSSR count). The monoisotopic (exact) mass is 438 g/mol. The Labute approximate surface area is 184 Å². The number of hydrogen-bond donors (Lipinski definition) is 2. The summed E-state index contributed by atoms with van der Waals surface area (Å²) in [5.41, 5.74) is 7.56. The lowest BCUT2D eigenvalue weighted by atomic mass is 9.88. The van der Waals surface area contributed by atoms with Crippen LogP contribution >= 0.6 is 11.3 Å². The molecule has 1 saturated carbocycles. The minimum atomic E-state index is -0.261. The van der Waals surface area contributed by atoms with Crippen LogP contribution in [0.15, 0.2) is 16.9 Å². The second-order valence-corrected chi connectivity index (χ2v) is 10.3. The van der Waals surface area contributed by atoms with E-state index in [0.717, 1.165) is 43.6 Å². The van der Waals surface area contributed by atoms with Crippen LogP contribution in [0.2, 0.25) is 0 Å². The highest BCUT2D eigenvalue weighted by atomic mass is 32.1. The molecule has 3 aromatic rings. The summed E-state index contributed by atoms with van der Waals surface area (Å²) in [6.45, 7) is 5.84. The molecule has 0 bridgehead atoms. The first-order chi connectivity index (χ1) is 14.8. The van der Waals surface area contributed by atoms with Crippen molar-refractivity contribution < 1.29 is 9.84 Å². The average Bonchev–Trinajstić information content (AvgIpc) is 3.32. The van der Waals surface area contributed by atoms with Crippen molar-refractivity contribution in [1.82, 2.24) is 4.57 Å². The smallest absolute Gasteiger partial charge is 0.202 e. The summed E-state index contributed by atoms with van der Waals surface area (Å²) in [7, 11) is 1.64. The van der Waals surface area contributed by atoms with E-state index in [1.54, 1.807) is 7.11 Å². The Bertz CT molecular complexity index is 1310. The lowest BCUT2D eigenvalue weighted by Gasteiger charge is -2.28. The lowest BCUT2D eigenvalue weighted by Crippen LogP contribution is -2.42.